The molecular formula is C17H20FNO. The van der Waals surface area contributed by atoms with Crippen molar-refractivity contribution in [1.82, 2.24) is 5.32 Å². The van der Waals surface area contributed by atoms with Gasteiger partial charge in [0, 0.05) is 6.04 Å². The third-order valence-corrected chi connectivity index (χ3v) is 3.38. The molecule has 0 aliphatic rings. The minimum Gasteiger partial charge on any atom is -0.494 e. The van der Waals surface area contributed by atoms with Crippen LogP contribution in [0.5, 0.6) is 5.75 Å². The van der Waals surface area contributed by atoms with Crippen molar-refractivity contribution in [2.45, 2.75) is 19.4 Å². The summed E-state index contributed by atoms with van der Waals surface area (Å²) in [5, 5.41) is 3.40. The van der Waals surface area contributed by atoms with E-state index in [2.05, 4.69) is 17.4 Å². The van der Waals surface area contributed by atoms with Crippen LogP contribution in [-0.2, 0) is 6.42 Å². The molecule has 0 aromatic heterocycles. The molecule has 2 aromatic carbocycles. The molecule has 2 aromatic rings. The van der Waals surface area contributed by atoms with Gasteiger partial charge in [-0.2, -0.15) is 0 Å². The summed E-state index contributed by atoms with van der Waals surface area (Å²) in [6, 6.07) is 15.5. The van der Waals surface area contributed by atoms with E-state index in [0.717, 1.165) is 18.5 Å². The van der Waals surface area contributed by atoms with E-state index >= 15 is 0 Å². The molecule has 2 nitrogen and oxygen atoms in total. The predicted octanol–water partition coefficient (Wildman–Crippen LogP) is 3.73. The molecule has 1 N–H and O–H groups in total. The van der Waals surface area contributed by atoms with Crippen molar-refractivity contribution in [3.05, 3.63) is 65.5 Å². The minimum atomic E-state index is -0.318. The van der Waals surface area contributed by atoms with Crippen molar-refractivity contribution >= 4 is 0 Å². The molecule has 0 heterocycles. The Morgan fingerprint density at radius 3 is 2.55 bits per heavy atom. The number of benzene rings is 2. The number of hydrogen-bond donors (Lipinski definition) is 1. The van der Waals surface area contributed by atoms with E-state index in [0.29, 0.717) is 0 Å². The Labute approximate surface area is 119 Å². The van der Waals surface area contributed by atoms with Crippen molar-refractivity contribution in [3.8, 4) is 5.75 Å². The van der Waals surface area contributed by atoms with Gasteiger partial charge < -0.3 is 10.1 Å². The topological polar surface area (TPSA) is 21.3 Å². The van der Waals surface area contributed by atoms with Crippen LogP contribution in [0.1, 0.15) is 24.1 Å². The zero-order valence-electron chi connectivity index (χ0n) is 11.9. The zero-order chi connectivity index (χ0) is 14.4. The SMILES string of the molecule is COc1ccc([C@@H](C)NCCc2ccccc2)cc1F. The van der Waals surface area contributed by atoms with Gasteiger partial charge in [0.1, 0.15) is 0 Å². The average molecular weight is 273 g/mol. The molecular weight excluding hydrogens is 253 g/mol. The molecule has 3 heteroatoms. The van der Waals surface area contributed by atoms with E-state index in [9.17, 15) is 4.39 Å². The molecule has 0 aliphatic carbocycles. The standard InChI is InChI=1S/C17H20FNO/c1-13(15-8-9-17(20-2)16(18)12-15)19-11-10-14-6-4-3-5-7-14/h3-9,12-13,19H,10-11H2,1-2H3/t13-/m1/s1. The fraction of sp³-hybridized carbons (Fsp3) is 0.294. The van der Waals surface area contributed by atoms with Crippen LogP contribution in [-0.4, -0.2) is 13.7 Å². The summed E-state index contributed by atoms with van der Waals surface area (Å²) >= 11 is 0. The highest BCUT2D eigenvalue weighted by atomic mass is 19.1. The average Bonchev–Trinajstić information content (AvgIpc) is 2.48. The number of methoxy groups -OCH3 is 1. The lowest BCUT2D eigenvalue weighted by Crippen LogP contribution is -2.21. The van der Waals surface area contributed by atoms with Gasteiger partial charge in [-0.3, -0.25) is 0 Å². The van der Waals surface area contributed by atoms with Gasteiger partial charge in [0.2, 0.25) is 0 Å². The summed E-state index contributed by atoms with van der Waals surface area (Å²) in [5.41, 5.74) is 2.23. The Bertz CT molecular complexity index is 542. The van der Waals surface area contributed by atoms with Crippen LogP contribution in [0.4, 0.5) is 4.39 Å². The lowest BCUT2D eigenvalue weighted by molar-refractivity contribution is 0.385. The maximum absolute atomic E-state index is 13.6. The van der Waals surface area contributed by atoms with Crippen LogP contribution in [0.15, 0.2) is 48.5 Å². The molecule has 106 valence electrons. The van der Waals surface area contributed by atoms with E-state index < -0.39 is 0 Å². The number of halogens is 1. The molecule has 0 aliphatic heterocycles. The summed E-state index contributed by atoms with van der Waals surface area (Å²) in [7, 11) is 1.47. The first-order valence-corrected chi connectivity index (χ1v) is 6.81. The quantitative estimate of drug-likeness (QED) is 0.866. The van der Waals surface area contributed by atoms with E-state index in [1.165, 1.54) is 18.7 Å². The summed E-state index contributed by atoms with van der Waals surface area (Å²) in [4.78, 5) is 0. The first-order chi connectivity index (χ1) is 9.70. The Balaban J connectivity index is 1.88. The van der Waals surface area contributed by atoms with Crippen LogP contribution < -0.4 is 10.1 Å². The Hall–Kier alpha value is -1.87. The third kappa shape index (κ3) is 3.81. The van der Waals surface area contributed by atoms with Crippen LogP contribution >= 0.6 is 0 Å². The Kier molecular flexibility index (Phi) is 5.13. The summed E-state index contributed by atoms with van der Waals surface area (Å²) in [5.74, 6) is -0.0352. The summed E-state index contributed by atoms with van der Waals surface area (Å²) in [6.07, 6.45) is 0.962. The highest BCUT2D eigenvalue weighted by Gasteiger charge is 2.08. The fourth-order valence-corrected chi connectivity index (χ4v) is 2.15. The second kappa shape index (κ2) is 7.06. The first-order valence-electron chi connectivity index (χ1n) is 6.81. The molecule has 2 rings (SSSR count). The number of ether oxygens (including phenoxy) is 1. The summed E-state index contributed by atoms with van der Waals surface area (Å²) < 4.78 is 18.6. The van der Waals surface area contributed by atoms with Gasteiger partial charge in [0.15, 0.2) is 11.6 Å². The van der Waals surface area contributed by atoms with Gasteiger partial charge >= 0.3 is 0 Å². The van der Waals surface area contributed by atoms with Crippen LogP contribution in [0.3, 0.4) is 0 Å². The van der Waals surface area contributed by atoms with E-state index in [-0.39, 0.29) is 17.6 Å². The highest BCUT2D eigenvalue weighted by molar-refractivity contribution is 5.30. The molecule has 0 spiro atoms. The molecule has 0 fully saturated rings. The highest BCUT2D eigenvalue weighted by Crippen LogP contribution is 2.21. The zero-order valence-corrected chi connectivity index (χ0v) is 11.9. The van der Waals surface area contributed by atoms with Crippen LogP contribution in [0.2, 0.25) is 0 Å². The van der Waals surface area contributed by atoms with Gasteiger partial charge in [-0.25, -0.2) is 4.39 Å². The van der Waals surface area contributed by atoms with Crippen molar-refractivity contribution < 1.29 is 9.13 Å². The van der Waals surface area contributed by atoms with Crippen molar-refractivity contribution in [2.24, 2.45) is 0 Å². The lowest BCUT2D eigenvalue weighted by Gasteiger charge is -2.15. The van der Waals surface area contributed by atoms with Gasteiger partial charge in [-0.15, -0.1) is 0 Å². The molecule has 20 heavy (non-hydrogen) atoms. The molecule has 0 radical (unpaired) electrons. The lowest BCUT2D eigenvalue weighted by atomic mass is 10.1. The monoisotopic (exact) mass is 273 g/mol. The van der Waals surface area contributed by atoms with E-state index in [1.807, 2.05) is 31.2 Å². The molecule has 0 saturated heterocycles. The normalized spacial score (nSPS) is 12.2. The van der Waals surface area contributed by atoms with Gasteiger partial charge in [0.25, 0.3) is 0 Å². The van der Waals surface area contributed by atoms with Crippen molar-refractivity contribution in [3.63, 3.8) is 0 Å². The fourth-order valence-electron chi connectivity index (χ4n) is 2.15. The first kappa shape index (κ1) is 14.5. The van der Waals surface area contributed by atoms with E-state index in [4.69, 9.17) is 4.74 Å². The molecule has 0 bridgehead atoms. The van der Waals surface area contributed by atoms with Crippen LogP contribution in [0.25, 0.3) is 0 Å². The third-order valence-electron chi connectivity index (χ3n) is 3.38. The smallest absolute Gasteiger partial charge is 0.165 e. The van der Waals surface area contributed by atoms with Crippen LogP contribution in [0, 0.1) is 5.82 Å². The van der Waals surface area contributed by atoms with Crippen molar-refractivity contribution in [2.75, 3.05) is 13.7 Å². The minimum absolute atomic E-state index is 0.110. The van der Waals surface area contributed by atoms with Gasteiger partial charge in [-0.1, -0.05) is 36.4 Å². The summed E-state index contributed by atoms with van der Waals surface area (Å²) in [6.45, 7) is 2.89. The number of hydrogen-bond acceptors (Lipinski definition) is 2. The Morgan fingerprint density at radius 1 is 1.15 bits per heavy atom. The number of rotatable bonds is 6. The Morgan fingerprint density at radius 2 is 1.90 bits per heavy atom. The second-order valence-electron chi connectivity index (χ2n) is 4.81. The largest absolute Gasteiger partial charge is 0.494 e. The molecule has 0 unspecified atom stereocenters. The maximum Gasteiger partial charge on any atom is 0.165 e. The van der Waals surface area contributed by atoms with Gasteiger partial charge in [-0.05, 0) is 43.1 Å². The second-order valence-corrected chi connectivity index (χ2v) is 4.81. The molecule has 0 amide bonds. The van der Waals surface area contributed by atoms with Crippen molar-refractivity contribution in [1.29, 1.82) is 0 Å². The van der Waals surface area contributed by atoms with Gasteiger partial charge in [0.05, 0.1) is 7.11 Å². The predicted molar refractivity (Wildman–Crippen MR) is 79.5 cm³/mol. The van der Waals surface area contributed by atoms with E-state index in [1.54, 1.807) is 6.07 Å². The molecule has 0 saturated carbocycles. The maximum atomic E-state index is 13.6. The molecule has 1 atom stereocenters. The number of nitrogens with one attached hydrogen (secondary N) is 1.